The first-order chi connectivity index (χ1) is 16.4. The van der Waals surface area contributed by atoms with E-state index in [0.29, 0.717) is 19.4 Å². The molecule has 2 amide bonds. The molecule has 0 unspecified atom stereocenters. The number of rotatable bonds is 11. The number of benzene rings is 3. The molecule has 0 fully saturated rings. The molecule has 178 valence electrons. The quantitative estimate of drug-likeness (QED) is 0.345. The summed E-state index contributed by atoms with van der Waals surface area (Å²) in [7, 11) is 0. The number of hydrogen-bond acceptors (Lipinski definition) is 5. The lowest BCUT2D eigenvalue weighted by atomic mass is 10.0. The van der Waals surface area contributed by atoms with Crippen molar-refractivity contribution >= 4 is 28.6 Å². The van der Waals surface area contributed by atoms with Crippen molar-refractivity contribution in [1.29, 1.82) is 0 Å². The standard InChI is InChI=1S/C26H29N3O5/c27-13-3-6-23(26(34)28-16-25(32)33)29(17-18-8-11-22(30)12-9-18)24(31)15-19-7-10-20-4-1-2-5-21(20)14-19/h1-2,4-5,7-12,14,23,30H,3,6,13,15-17,27H2,(H,28,34)(H,32,33)/t23-/m1/s1. The highest BCUT2D eigenvalue weighted by atomic mass is 16.4. The molecule has 8 nitrogen and oxygen atoms in total. The Morgan fingerprint density at radius 1 is 0.941 bits per heavy atom. The molecule has 3 rings (SSSR count). The molecule has 5 N–H and O–H groups in total. The number of amides is 2. The molecule has 3 aromatic rings. The van der Waals surface area contributed by atoms with E-state index in [1.54, 1.807) is 12.1 Å². The van der Waals surface area contributed by atoms with E-state index in [9.17, 15) is 19.5 Å². The number of aliphatic carboxylic acids is 1. The molecule has 8 heteroatoms. The van der Waals surface area contributed by atoms with Gasteiger partial charge in [0.1, 0.15) is 18.3 Å². The van der Waals surface area contributed by atoms with Gasteiger partial charge in [0.05, 0.1) is 6.42 Å². The topological polar surface area (TPSA) is 133 Å². The second-order valence-electron chi connectivity index (χ2n) is 8.10. The van der Waals surface area contributed by atoms with Crippen LogP contribution in [0.25, 0.3) is 10.8 Å². The Bertz CT molecular complexity index is 1150. The van der Waals surface area contributed by atoms with E-state index >= 15 is 0 Å². The Morgan fingerprint density at radius 2 is 1.62 bits per heavy atom. The van der Waals surface area contributed by atoms with Crippen LogP contribution in [0.1, 0.15) is 24.0 Å². The number of carbonyl (C=O) groups is 3. The Labute approximate surface area is 198 Å². The summed E-state index contributed by atoms with van der Waals surface area (Å²) in [5, 5.41) is 23.0. The second kappa shape index (κ2) is 11.8. The fraction of sp³-hybridized carbons (Fsp3) is 0.269. The minimum atomic E-state index is -1.17. The van der Waals surface area contributed by atoms with Crippen molar-refractivity contribution in [3.63, 3.8) is 0 Å². The molecule has 0 radical (unpaired) electrons. The number of hydrogen-bond donors (Lipinski definition) is 4. The second-order valence-corrected chi connectivity index (χ2v) is 8.10. The Morgan fingerprint density at radius 3 is 2.29 bits per heavy atom. The minimum absolute atomic E-state index is 0.0776. The monoisotopic (exact) mass is 463 g/mol. The third kappa shape index (κ3) is 6.79. The van der Waals surface area contributed by atoms with Crippen molar-refractivity contribution in [1.82, 2.24) is 10.2 Å². The summed E-state index contributed by atoms with van der Waals surface area (Å²) in [6, 6.07) is 19.1. The number of carboxylic acid groups (broad SMARTS) is 1. The summed E-state index contributed by atoms with van der Waals surface area (Å²) in [4.78, 5) is 38.9. The number of nitrogens with zero attached hydrogens (tertiary/aromatic N) is 1. The number of phenols is 1. The summed E-state index contributed by atoms with van der Waals surface area (Å²) < 4.78 is 0. The lowest BCUT2D eigenvalue weighted by Gasteiger charge is -2.31. The van der Waals surface area contributed by atoms with Crippen molar-refractivity contribution < 1.29 is 24.6 Å². The van der Waals surface area contributed by atoms with E-state index in [1.807, 2.05) is 42.5 Å². The van der Waals surface area contributed by atoms with Crippen LogP contribution < -0.4 is 11.1 Å². The van der Waals surface area contributed by atoms with Gasteiger partial charge in [-0.05, 0) is 53.4 Å². The molecule has 0 bridgehead atoms. The molecule has 0 aliphatic heterocycles. The van der Waals surface area contributed by atoms with Gasteiger partial charge in [0.15, 0.2) is 0 Å². The highest BCUT2D eigenvalue weighted by Crippen LogP contribution is 2.20. The molecule has 3 aromatic carbocycles. The van der Waals surface area contributed by atoms with Gasteiger partial charge in [-0.2, -0.15) is 0 Å². The zero-order valence-electron chi connectivity index (χ0n) is 18.8. The van der Waals surface area contributed by atoms with Gasteiger partial charge in [0, 0.05) is 6.54 Å². The fourth-order valence-electron chi connectivity index (χ4n) is 3.82. The van der Waals surface area contributed by atoms with Crippen LogP contribution in [-0.2, 0) is 27.3 Å². The van der Waals surface area contributed by atoms with Crippen LogP contribution >= 0.6 is 0 Å². The SMILES string of the molecule is NCCC[C@H](C(=O)NCC(=O)O)N(Cc1ccc(O)cc1)C(=O)Cc1ccc2ccccc2c1. The largest absolute Gasteiger partial charge is 0.508 e. The molecule has 0 saturated heterocycles. The summed E-state index contributed by atoms with van der Waals surface area (Å²) >= 11 is 0. The molecule has 0 saturated carbocycles. The Kier molecular flexibility index (Phi) is 8.59. The van der Waals surface area contributed by atoms with E-state index in [-0.39, 0.29) is 24.6 Å². The number of aromatic hydroxyl groups is 1. The molecule has 0 spiro atoms. The van der Waals surface area contributed by atoms with E-state index < -0.39 is 24.5 Å². The molecule has 1 atom stereocenters. The maximum atomic E-state index is 13.5. The Balaban J connectivity index is 1.89. The molecule has 0 aliphatic rings. The van der Waals surface area contributed by atoms with Crippen LogP contribution in [0, 0.1) is 0 Å². The number of nitrogens with one attached hydrogen (secondary N) is 1. The lowest BCUT2D eigenvalue weighted by Crippen LogP contribution is -2.50. The van der Waals surface area contributed by atoms with E-state index in [4.69, 9.17) is 10.8 Å². The van der Waals surface area contributed by atoms with Gasteiger partial charge in [0.2, 0.25) is 11.8 Å². The lowest BCUT2D eigenvalue weighted by molar-refractivity contribution is -0.142. The molecule has 0 heterocycles. The van der Waals surface area contributed by atoms with Crippen molar-refractivity contribution in [3.8, 4) is 5.75 Å². The minimum Gasteiger partial charge on any atom is -0.508 e. The average Bonchev–Trinajstić information content (AvgIpc) is 2.83. The molecule has 0 aliphatic carbocycles. The van der Waals surface area contributed by atoms with E-state index in [0.717, 1.165) is 21.9 Å². The van der Waals surface area contributed by atoms with Gasteiger partial charge < -0.3 is 26.2 Å². The highest BCUT2D eigenvalue weighted by molar-refractivity contribution is 5.91. The van der Waals surface area contributed by atoms with Gasteiger partial charge in [-0.1, -0.05) is 54.6 Å². The number of carboxylic acids is 1. The summed E-state index contributed by atoms with van der Waals surface area (Å²) in [5.41, 5.74) is 7.20. The predicted octanol–water partition coefficient (Wildman–Crippen LogP) is 2.43. The van der Waals surface area contributed by atoms with Crippen molar-refractivity contribution in [2.45, 2.75) is 31.8 Å². The highest BCUT2D eigenvalue weighted by Gasteiger charge is 2.30. The third-order valence-corrected chi connectivity index (χ3v) is 5.55. The van der Waals surface area contributed by atoms with Gasteiger partial charge in [-0.25, -0.2) is 0 Å². The van der Waals surface area contributed by atoms with Gasteiger partial charge in [-0.3, -0.25) is 14.4 Å². The first-order valence-electron chi connectivity index (χ1n) is 11.1. The van der Waals surface area contributed by atoms with Crippen molar-refractivity contribution in [2.75, 3.05) is 13.1 Å². The van der Waals surface area contributed by atoms with Crippen LogP contribution in [0.2, 0.25) is 0 Å². The smallest absolute Gasteiger partial charge is 0.322 e. The average molecular weight is 464 g/mol. The van der Waals surface area contributed by atoms with Crippen molar-refractivity contribution in [3.05, 3.63) is 77.9 Å². The summed E-state index contributed by atoms with van der Waals surface area (Å²) in [6.07, 6.45) is 0.859. The van der Waals surface area contributed by atoms with Crippen LogP contribution in [0.15, 0.2) is 66.7 Å². The van der Waals surface area contributed by atoms with Gasteiger partial charge in [0.25, 0.3) is 0 Å². The first-order valence-corrected chi connectivity index (χ1v) is 11.1. The Hall–Kier alpha value is -3.91. The zero-order chi connectivity index (χ0) is 24.5. The maximum absolute atomic E-state index is 13.5. The fourth-order valence-corrected chi connectivity index (χ4v) is 3.82. The number of nitrogens with two attached hydrogens (primary N) is 1. The molecule has 0 aromatic heterocycles. The normalized spacial score (nSPS) is 11.7. The third-order valence-electron chi connectivity index (χ3n) is 5.55. The number of phenolic OH excluding ortho intramolecular Hbond substituents is 1. The number of carbonyl (C=O) groups excluding carboxylic acids is 2. The van der Waals surface area contributed by atoms with Crippen LogP contribution in [0.5, 0.6) is 5.75 Å². The first kappa shape index (κ1) is 24.7. The molecular weight excluding hydrogens is 434 g/mol. The van der Waals surface area contributed by atoms with Crippen molar-refractivity contribution in [2.24, 2.45) is 5.73 Å². The van der Waals surface area contributed by atoms with Crippen LogP contribution in [-0.4, -0.2) is 52.0 Å². The van der Waals surface area contributed by atoms with Crippen LogP contribution in [0.3, 0.4) is 0 Å². The number of fused-ring (bicyclic) bond motifs is 1. The summed E-state index contributed by atoms with van der Waals surface area (Å²) in [5.74, 6) is -1.88. The molecule has 34 heavy (non-hydrogen) atoms. The van der Waals surface area contributed by atoms with Gasteiger partial charge >= 0.3 is 5.97 Å². The van der Waals surface area contributed by atoms with E-state index in [2.05, 4.69) is 5.32 Å². The maximum Gasteiger partial charge on any atom is 0.322 e. The predicted molar refractivity (Wildman–Crippen MR) is 129 cm³/mol. The van der Waals surface area contributed by atoms with Gasteiger partial charge in [-0.15, -0.1) is 0 Å². The summed E-state index contributed by atoms with van der Waals surface area (Å²) in [6.45, 7) is -0.0824. The van der Waals surface area contributed by atoms with E-state index in [1.165, 1.54) is 17.0 Å². The zero-order valence-corrected chi connectivity index (χ0v) is 18.8. The van der Waals surface area contributed by atoms with Crippen LogP contribution in [0.4, 0.5) is 0 Å². The molecular formula is C26H29N3O5.